The fourth-order valence-corrected chi connectivity index (χ4v) is 4.44. The summed E-state index contributed by atoms with van der Waals surface area (Å²) in [7, 11) is 0. The van der Waals surface area contributed by atoms with Gasteiger partial charge in [-0.2, -0.15) is 4.99 Å². The number of amides is 1. The van der Waals surface area contributed by atoms with Crippen LogP contribution in [0.15, 0.2) is 40.7 Å². The van der Waals surface area contributed by atoms with Gasteiger partial charge in [0.15, 0.2) is 4.80 Å². The van der Waals surface area contributed by atoms with E-state index in [0.29, 0.717) is 9.82 Å². The van der Waals surface area contributed by atoms with E-state index in [9.17, 15) is 4.79 Å². The van der Waals surface area contributed by atoms with Crippen molar-refractivity contribution in [3.8, 4) is 0 Å². The number of nitrogens with zero attached hydrogens (tertiary/aromatic N) is 2. The molecule has 3 aromatic rings. The van der Waals surface area contributed by atoms with Crippen molar-refractivity contribution in [3.63, 3.8) is 0 Å². The molecule has 3 nitrogen and oxygen atoms in total. The fraction of sp³-hybridized carbons (Fsp3) is 0.176. The summed E-state index contributed by atoms with van der Waals surface area (Å²) in [5, 5.41) is 2.67. The van der Waals surface area contributed by atoms with Gasteiger partial charge in [-0.25, -0.2) is 0 Å². The van der Waals surface area contributed by atoms with Crippen LogP contribution in [0, 0.1) is 6.92 Å². The number of hydrogen-bond acceptors (Lipinski definition) is 3. The maximum Gasteiger partial charge on any atom is 0.272 e. The largest absolute Gasteiger partial charge is 0.316 e. The topological polar surface area (TPSA) is 34.4 Å². The van der Waals surface area contributed by atoms with Crippen LogP contribution in [0.25, 0.3) is 16.3 Å². The first-order valence-corrected chi connectivity index (χ1v) is 9.26. The number of aromatic nitrogens is 1. The van der Waals surface area contributed by atoms with Gasteiger partial charge in [0.1, 0.15) is 0 Å². The highest BCUT2D eigenvalue weighted by atomic mass is 35.5. The second kappa shape index (κ2) is 6.83. The summed E-state index contributed by atoms with van der Waals surface area (Å²) in [6.45, 7) is 4.82. The van der Waals surface area contributed by atoms with Crippen molar-refractivity contribution in [3.05, 3.63) is 56.0 Å². The third-order valence-electron chi connectivity index (χ3n) is 3.43. The fourth-order valence-electron chi connectivity index (χ4n) is 2.37. The molecule has 0 spiro atoms. The van der Waals surface area contributed by atoms with Crippen molar-refractivity contribution >= 4 is 56.5 Å². The molecule has 0 saturated heterocycles. The first kappa shape index (κ1) is 16.2. The number of benzene rings is 1. The quantitative estimate of drug-likeness (QED) is 0.611. The van der Waals surface area contributed by atoms with Crippen LogP contribution in [0.5, 0.6) is 0 Å². The van der Waals surface area contributed by atoms with Gasteiger partial charge >= 0.3 is 0 Å². The molecule has 1 amide bonds. The van der Waals surface area contributed by atoms with Crippen LogP contribution in [0.4, 0.5) is 0 Å². The standard InChI is InChI=1S/C17H15ClN2OS2/c1-3-20-15-11(2)6-8-13(18)16(15)23-17(20)19-14(21)9-7-12-5-4-10-22-12/h4-10H,3H2,1-2H3. The van der Waals surface area contributed by atoms with Gasteiger partial charge in [-0.1, -0.05) is 35.1 Å². The molecule has 0 N–H and O–H groups in total. The minimum Gasteiger partial charge on any atom is -0.316 e. The van der Waals surface area contributed by atoms with E-state index in [1.807, 2.05) is 48.1 Å². The first-order chi connectivity index (χ1) is 11.1. The van der Waals surface area contributed by atoms with E-state index < -0.39 is 0 Å². The van der Waals surface area contributed by atoms with E-state index in [1.165, 1.54) is 17.4 Å². The molecule has 2 heterocycles. The normalized spacial score (nSPS) is 12.6. The number of hydrogen-bond donors (Lipinski definition) is 0. The molecular formula is C17H15ClN2OS2. The lowest BCUT2D eigenvalue weighted by Gasteiger charge is -2.03. The zero-order chi connectivity index (χ0) is 16.4. The van der Waals surface area contributed by atoms with Crippen LogP contribution in [0.1, 0.15) is 17.4 Å². The number of thiophene rings is 1. The molecule has 6 heteroatoms. The molecule has 0 unspecified atom stereocenters. The SMILES string of the molecule is CCn1c(=NC(=O)C=Cc2cccs2)sc2c(Cl)ccc(C)c21. The number of carbonyl (C=O) groups excluding carboxylic acids is 1. The monoisotopic (exact) mass is 362 g/mol. The molecule has 1 aromatic carbocycles. The van der Waals surface area contributed by atoms with Gasteiger partial charge < -0.3 is 4.57 Å². The Morgan fingerprint density at radius 1 is 1.39 bits per heavy atom. The highest BCUT2D eigenvalue weighted by molar-refractivity contribution is 7.17. The Morgan fingerprint density at radius 3 is 2.91 bits per heavy atom. The summed E-state index contributed by atoms with van der Waals surface area (Å²) >= 11 is 9.33. The van der Waals surface area contributed by atoms with Gasteiger partial charge in [-0.15, -0.1) is 11.3 Å². The predicted octanol–water partition coefficient (Wildman–Crippen LogP) is 4.89. The molecule has 0 bridgehead atoms. The van der Waals surface area contributed by atoms with Crippen LogP contribution < -0.4 is 4.80 Å². The molecule has 118 valence electrons. The number of halogens is 1. The summed E-state index contributed by atoms with van der Waals surface area (Å²) < 4.78 is 3.01. The van der Waals surface area contributed by atoms with Crippen molar-refractivity contribution in [2.45, 2.75) is 20.4 Å². The van der Waals surface area contributed by atoms with Crippen molar-refractivity contribution in [1.82, 2.24) is 4.57 Å². The van der Waals surface area contributed by atoms with Crippen molar-refractivity contribution in [2.75, 3.05) is 0 Å². The Labute approximate surface area is 147 Å². The van der Waals surface area contributed by atoms with E-state index in [1.54, 1.807) is 17.4 Å². The lowest BCUT2D eigenvalue weighted by atomic mass is 10.2. The Morgan fingerprint density at radius 2 is 2.22 bits per heavy atom. The van der Waals surface area contributed by atoms with Crippen LogP contribution in [-0.4, -0.2) is 10.5 Å². The van der Waals surface area contributed by atoms with Crippen molar-refractivity contribution < 1.29 is 4.79 Å². The minimum absolute atomic E-state index is 0.263. The molecule has 0 aliphatic rings. The summed E-state index contributed by atoms with van der Waals surface area (Å²) in [5.41, 5.74) is 2.18. The highest BCUT2D eigenvalue weighted by Gasteiger charge is 2.11. The van der Waals surface area contributed by atoms with Gasteiger partial charge in [-0.3, -0.25) is 4.79 Å². The molecule has 0 aliphatic carbocycles. The average Bonchev–Trinajstić information content (AvgIpc) is 3.16. The van der Waals surface area contributed by atoms with Gasteiger partial charge in [0, 0.05) is 17.5 Å². The first-order valence-electron chi connectivity index (χ1n) is 7.19. The molecule has 0 aliphatic heterocycles. The summed E-state index contributed by atoms with van der Waals surface area (Å²) in [6, 6.07) is 7.79. The molecule has 3 rings (SSSR count). The lowest BCUT2D eigenvalue weighted by Crippen LogP contribution is -2.15. The maximum atomic E-state index is 12.1. The van der Waals surface area contributed by atoms with Gasteiger partial charge in [0.2, 0.25) is 0 Å². The van der Waals surface area contributed by atoms with E-state index >= 15 is 0 Å². The Bertz CT molecular complexity index is 949. The Balaban J connectivity index is 2.07. The van der Waals surface area contributed by atoms with E-state index in [2.05, 4.69) is 4.99 Å². The maximum absolute atomic E-state index is 12.1. The smallest absolute Gasteiger partial charge is 0.272 e. The molecular weight excluding hydrogens is 348 g/mol. The van der Waals surface area contributed by atoms with Crippen LogP contribution in [0.3, 0.4) is 0 Å². The van der Waals surface area contributed by atoms with E-state index in [0.717, 1.165) is 27.2 Å². The third-order valence-corrected chi connectivity index (χ3v) is 5.81. The average molecular weight is 363 g/mol. The molecule has 0 fully saturated rings. The second-order valence-electron chi connectivity index (χ2n) is 4.97. The predicted molar refractivity (Wildman–Crippen MR) is 99.2 cm³/mol. The van der Waals surface area contributed by atoms with Gasteiger partial charge in [0.05, 0.1) is 15.2 Å². The second-order valence-corrected chi connectivity index (χ2v) is 7.33. The third kappa shape index (κ3) is 3.32. The zero-order valence-corrected chi connectivity index (χ0v) is 15.1. The molecule has 2 aromatic heterocycles. The highest BCUT2D eigenvalue weighted by Crippen LogP contribution is 2.28. The van der Waals surface area contributed by atoms with E-state index in [4.69, 9.17) is 11.6 Å². The summed E-state index contributed by atoms with van der Waals surface area (Å²) in [4.78, 5) is 18.1. The zero-order valence-electron chi connectivity index (χ0n) is 12.7. The Kier molecular flexibility index (Phi) is 4.80. The van der Waals surface area contributed by atoms with Crippen LogP contribution in [-0.2, 0) is 11.3 Å². The van der Waals surface area contributed by atoms with E-state index in [-0.39, 0.29) is 5.91 Å². The number of aryl methyl sites for hydroxylation is 2. The van der Waals surface area contributed by atoms with Crippen LogP contribution >= 0.6 is 34.3 Å². The van der Waals surface area contributed by atoms with Crippen molar-refractivity contribution in [1.29, 1.82) is 0 Å². The van der Waals surface area contributed by atoms with Gasteiger partial charge in [0.25, 0.3) is 5.91 Å². The number of thiazole rings is 1. The molecule has 0 radical (unpaired) electrons. The number of carbonyl (C=O) groups is 1. The minimum atomic E-state index is -0.263. The molecule has 0 saturated carbocycles. The molecule has 0 atom stereocenters. The summed E-state index contributed by atoms with van der Waals surface area (Å²) in [5.74, 6) is -0.263. The summed E-state index contributed by atoms with van der Waals surface area (Å²) in [6.07, 6.45) is 3.29. The Hall–Kier alpha value is -1.69. The molecule has 23 heavy (non-hydrogen) atoms. The van der Waals surface area contributed by atoms with Crippen LogP contribution in [0.2, 0.25) is 5.02 Å². The van der Waals surface area contributed by atoms with Gasteiger partial charge in [-0.05, 0) is 43.0 Å². The number of rotatable bonds is 3. The lowest BCUT2D eigenvalue weighted by molar-refractivity contribution is -0.113. The van der Waals surface area contributed by atoms with Crippen molar-refractivity contribution in [2.24, 2.45) is 4.99 Å². The number of fused-ring (bicyclic) bond motifs is 1.